The minimum Gasteiger partial charge on any atom is -0.336 e. The van der Waals surface area contributed by atoms with Crippen molar-refractivity contribution in [3.05, 3.63) is 22.1 Å². The van der Waals surface area contributed by atoms with E-state index in [-0.39, 0.29) is 5.41 Å². The summed E-state index contributed by atoms with van der Waals surface area (Å²) in [6.07, 6.45) is 2.51. The van der Waals surface area contributed by atoms with Gasteiger partial charge in [0.1, 0.15) is 15.7 Å². The van der Waals surface area contributed by atoms with Crippen LogP contribution in [0.5, 0.6) is 0 Å². The molecule has 1 aliphatic rings. The van der Waals surface area contributed by atoms with Gasteiger partial charge in [0.2, 0.25) is 5.16 Å². The van der Waals surface area contributed by atoms with E-state index in [1.54, 1.807) is 16.0 Å². The fourth-order valence-corrected chi connectivity index (χ4v) is 5.54. The zero-order chi connectivity index (χ0) is 20.1. The summed E-state index contributed by atoms with van der Waals surface area (Å²) < 4.78 is 1.59. The van der Waals surface area contributed by atoms with Gasteiger partial charge in [-0.25, -0.2) is 14.6 Å². The highest BCUT2D eigenvalue weighted by Gasteiger charge is 2.25. The van der Waals surface area contributed by atoms with Gasteiger partial charge in [0, 0.05) is 15.7 Å². The van der Waals surface area contributed by atoms with Crippen molar-refractivity contribution in [2.75, 3.05) is 18.9 Å². The Morgan fingerprint density at radius 3 is 2.46 bits per heavy atom. The Morgan fingerprint density at radius 2 is 1.82 bits per heavy atom. The molecule has 28 heavy (non-hydrogen) atoms. The number of likely N-dealkylation sites (tertiary alicyclic amines) is 1. The van der Waals surface area contributed by atoms with Crippen molar-refractivity contribution in [3.8, 4) is 0 Å². The molecule has 4 heterocycles. The average Bonchev–Trinajstić information content (AvgIpc) is 3.30. The van der Waals surface area contributed by atoms with Crippen LogP contribution in [0.1, 0.15) is 55.7 Å². The number of aromatic nitrogens is 5. The predicted molar refractivity (Wildman–Crippen MR) is 114 cm³/mol. The van der Waals surface area contributed by atoms with Crippen LogP contribution in [0, 0.1) is 13.8 Å². The lowest BCUT2D eigenvalue weighted by Gasteiger charge is -2.16. The number of nitrogens with two attached hydrogens (primary N) is 1. The smallest absolute Gasteiger partial charge is 0.216 e. The van der Waals surface area contributed by atoms with Gasteiger partial charge in [-0.15, -0.1) is 21.5 Å². The molecule has 0 amide bonds. The quantitative estimate of drug-likeness (QED) is 0.512. The minimum atomic E-state index is -0.169. The SMILES string of the molecule is Cc1sc2nc(CN3CCCC3)nc(Sc3nnc(C(C)(C)C)n3N)c2c1C. The van der Waals surface area contributed by atoms with Gasteiger partial charge in [-0.3, -0.25) is 4.90 Å². The molecule has 3 aromatic rings. The van der Waals surface area contributed by atoms with Crippen molar-refractivity contribution in [2.45, 2.75) is 69.6 Å². The van der Waals surface area contributed by atoms with Gasteiger partial charge in [-0.1, -0.05) is 20.8 Å². The van der Waals surface area contributed by atoms with Crippen LogP contribution in [-0.2, 0) is 12.0 Å². The van der Waals surface area contributed by atoms with E-state index in [4.69, 9.17) is 15.8 Å². The minimum absolute atomic E-state index is 0.169. The number of nitrogens with zero attached hydrogens (tertiary/aromatic N) is 6. The molecule has 0 aliphatic carbocycles. The molecule has 0 bridgehead atoms. The Kier molecular flexibility index (Phi) is 5.09. The van der Waals surface area contributed by atoms with E-state index in [0.29, 0.717) is 5.16 Å². The van der Waals surface area contributed by atoms with Crippen molar-refractivity contribution in [1.82, 2.24) is 29.7 Å². The number of rotatable bonds is 4. The Balaban J connectivity index is 1.75. The van der Waals surface area contributed by atoms with Gasteiger partial charge in [0.05, 0.1) is 6.54 Å². The van der Waals surface area contributed by atoms with E-state index in [0.717, 1.165) is 46.5 Å². The Labute approximate surface area is 173 Å². The topological polar surface area (TPSA) is 85.8 Å². The maximum Gasteiger partial charge on any atom is 0.216 e. The third-order valence-electron chi connectivity index (χ3n) is 5.13. The summed E-state index contributed by atoms with van der Waals surface area (Å²) in [4.78, 5) is 14.5. The van der Waals surface area contributed by atoms with Gasteiger partial charge in [-0.2, -0.15) is 0 Å². The lowest BCUT2D eigenvalue weighted by Crippen LogP contribution is -2.24. The monoisotopic (exact) mass is 417 g/mol. The van der Waals surface area contributed by atoms with Crippen LogP contribution in [-0.4, -0.2) is 42.8 Å². The van der Waals surface area contributed by atoms with E-state index in [1.807, 2.05) is 0 Å². The molecule has 9 heteroatoms. The van der Waals surface area contributed by atoms with Crippen molar-refractivity contribution in [1.29, 1.82) is 0 Å². The van der Waals surface area contributed by atoms with Crippen molar-refractivity contribution < 1.29 is 0 Å². The lowest BCUT2D eigenvalue weighted by atomic mass is 9.96. The third kappa shape index (κ3) is 3.62. The summed E-state index contributed by atoms with van der Waals surface area (Å²) in [5, 5.41) is 11.3. The van der Waals surface area contributed by atoms with Crippen LogP contribution in [0.2, 0.25) is 0 Å². The molecular weight excluding hydrogens is 390 g/mol. The Morgan fingerprint density at radius 1 is 1.11 bits per heavy atom. The number of hydrogen-bond donors (Lipinski definition) is 1. The summed E-state index contributed by atoms with van der Waals surface area (Å²) in [5.41, 5.74) is 1.06. The van der Waals surface area contributed by atoms with Crippen molar-refractivity contribution >= 4 is 33.3 Å². The molecule has 0 unspecified atom stereocenters. The summed E-state index contributed by atoms with van der Waals surface area (Å²) in [7, 11) is 0. The number of hydrogen-bond acceptors (Lipinski definition) is 8. The molecular formula is C19H27N7S2. The van der Waals surface area contributed by atoms with Crippen LogP contribution in [0.25, 0.3) is 10.2 Å². The summed E-state index contributed by atoms with van der Waals surface area (Å²) in [6.45, 7) is 13.6. The van der Waals surface area contributed by atoms with Crippen LogP contribution < -0.4 is 5.84 Å². The van der Waals surface area contributed by atoms with E-state index in [9.17, 15) is 0 Å². The maximum absolute atomic E-state index is 6.32. The number of thiophene rings is 1. The van der Waals surface area contributed by atoms with E-state index in [2.05, 4.69) is 49.7 Å². The molecule has 150 valence electrons. The molecule has 0 saturated carbocycles. The normalized spacial score (nSPS) is 15.8. The average molecular weight is 418 g/mol. The van der Waals surface area contributed by atoms with E-state index in [1.165, 1.54) is 35.0 Å². The number of fused-ring (bicyclic) bond motifs is 1. The van der Waals surface area contributed by atoms with E-state index < -0.39 is 0 Å². The molecule has 7 nitrogen and oxygen atoms in total. The second kappa shape index (κ2) is 7.27. The first-order valence-corrected chi connectivity index (χ1v) is 11.2. The van der Waals surface area contributed by atoms with Crippen molar-refractivity contribution in [3.63, 3.8) is 0 Å². The second-order valence-electron chi connectivity index (χ2n) is 8.42. The molecule has 2 N–H and O–H groups in total. The van der Waals surface area contributed by atoms with Crippen LogP contribution in [0.3, 0.4) is 0 Å². The van der Waals surface area contributed by atoms with E-state index >= 15 is 0 Å². The maximum atomic E-state index is 6.32. The van der Waals surface area contributed by atoms with Crippen LogP contribution in [0.15, 0.2) is 10.2 Å². The molecule has 1 saturated heterocycles. The van der Waals surface area contributed by atoms with Gasteiger partial charge in [0.25, 0.3) is 0 Å². The first kappa shape index (κ1) is 19.6. The summed E-state index contributed by atoms with van der Waals surface area (Å²) in [6, 6.07) is 0. The van der Waals surface area contributed by atoms with Gasteiger partial charge in [0.15, 0.2) is 5.82 Å². The first-order valence-electron chi connectivity index (χ1n) is 9.62. The highest BCUT2D eigenvalue weighted by Crippen LogP contribution is 2.38. The number of nitrogen functional groups attached to an aromatic ring is 1. The van der Waals surface area contributed by atoms with Crippen LogP contribution in [0.4, 0.5) is 0 Å². The predicted octanol–water partition coefficient (Wildman–Crippen LogP) is 3.66. The third-order valence-corrected chi connectivity index (χ3v) is 7.18. The fraction of sp³-hybridized carbons (Fsp3) is 0.579. The largest absolute Gasteiger partial charge is 0.336 e. The van der Waals surface area contributed by atoms with Gasteiger partial charge < -0.3 is 5.84 Å². The second-order valence-corrected chi connectivity index (χ2v) is 10.6. The molecule has 1 fully saturated rings. The van der Waals surface area contributed by atoms with Gasteiger partial charge >= 0.3 is 0 Å². The molecule has 0 radical (unpaired) electrons. The molecule has 1 aliphatic heterocycles. The highest BCUT2D eigenvalue weighted by atomic mass is 32.2. The Bertz CT molecular complexity index is 1010. The highest BCUT2D eigenvalue weighted by molar-refractivity contribution is 7.99. The van der Waals surface area contributed by atoms with Gasteiger partial charge in [-0.05, 0) is 57.1 Å². The molecule has 0 spiro atoms. The standard InChI is InChI=1S/C19H27N7S2/c1-11-12(2)27-15-14(11)16(22-13(21-15)10-25-8-6-7-9-25)28-18-24-23-17(26(18)20)19(3,4)5/h6-10,20H2,1-5H3. The Hall–Kier alpha value is -1.71. The summed E-state index contributed by atoms with van der Waals surface area (Å²) >= 11 is 3.21. The summed E-state index contributed by atoms with van der Waals surface area (Å²) in [5.74, 6) is 7.95. The molecule has 3 aromatic heterocycles. The molecule has 0 atom stereocenters. The fourth-order valence-electron chi connectivity index (χ4n) is 3.48. The molecule has 0 aromatic carbocycles. The zero-order valence-corrected chi connectivity index (χ0v) is 18.7. The van der Waals surface area contributed by atoms with Crippen LogP contribution >= 0.6 is 23.1 Å². The molecule has 4 rings (SSSR count). The zero-order valence-electron chi connectivity index (χ0n) is 17.1. The number of aryl methyl sites for hydroxylation is 2. The lowest BCUT2D eigenvalue weighted by molar-refractivity contribution is 0.322. The van der Waals surface area contributed by atoms with Crippen molar-refractivity contribution in [2.24, 2.45) is 0 Å². The first-order chi connectivity index (χ1) is 13.2.